The van der Waals surface area contributed by atoms with Crippen molar-refractivity contribution in [3.63, 3.8) is 0 Å². The number of carbonyl (C=O) groups is 1. The summed E-state index contributed by atoms with van der Waals surface area (Å²) in [6, 6.07) is 0. The largest absolute Gasteiger partial charge is 0.481 e. The zero-order chi connectivity index (χ0) is 9.97. The zero-order valence-corrected chi connectivity index (χ0v) is 7.72. The van der Waals surface area contributed by atoms with Gasteiger partial charge >= 0.3 is 5.97 Å². The van der Waals surface area contributed by atoms with E-state index in [4.69, 9.17) is 9.52 Å². The summed E-state index contributed by atoms with van der Waals surface area (Å²) in [6.07, 6.45) is 3.78. The van der Waals surface area contributed by atoms with Gasteiger partial charge in [0, 0.05) is 6.54 Å². The summed E-state index contributed by atoms with van der Waals surface area (Å²) in [7, 11) is 0. The second-order valence-electron chi connectivity index (χ2n) is 3.53. The van der Waals surface area contributed by atoms with Crippen molar-refractivity contribution in [2.75, 3.05) is 13.1 Å². The van der Waals surface area contributed by atoms with Gasteiger partial charge in [-0.15, -0.1) is 0 Å². The highest BCUT2D eigenvalue weighted by atomic mass is 16.4. The van der Waals surface area contributed by atoms with E-state index in [0.29, 0.717) is 13.1 Å². The lowest BCUT2D eigenvalue weighted by Gasteiger charge is -2.12. The van der Waals surface area contributed by atoms with Crippen LogP contribution in [0, 0.1) is 5.92 Å². The second-order valence-corrected chi connectivity index (χ2v) is 3.53. The summed E-state index contributed by atoms with van der Waals surface area (Å²) in [5.74, 6) is -0.140. The van der Waals surface area contributed by atoms with Crippen LogP contribution in [-0.4, -0.2) is 34.0 Å². The number of likely N-dealkylation sites (tertiary alicyclic amines) is 1. The van der Waals surface area contributed by atoms with Crippen LogP contribution in [0.2, 0.25) is 0 Å². The topological polar surface area (TPSA) is 66.6 Å². The number of carboxylic acids is 1. The predicted molar refractivity (Wildman–Crippen MR) is 47.5 cm³/mol. The number of carboxylic acid groups (broad SMARTS) is 1. The summed E-state index contributed by atoms with van der Waals surface area (Å²) in [4.78, 5) is 16.6. The van der Waals surface area contributed by atoms with Crippen LogP contribution in [0.15, 0.2) is 17.0 Å². The molecule has 0 radical (unpaired) electrons. The molecule has 76 valence electrons. The Hall–Kier alpha value is -1.36. The van der Waals surface area contributed by atoms with Crippen molar-refractivity contribution in [3.05, 3.63) is 18.4 Å². The molecule has 14 heavy (non-hydrogen) atoms. The first-order valence-electron chi connectivity index (χ1n) is 4.58. The smallest absolute Gasteiger partial charge is 0.307 e. The van der Waals surface area contributed by atoms with Crippen molar-refractivity contribution in [2.24, 2.45) is 5.92 Å². The molecule has 5 nitrogen and oxygen atoms in total. The minimum absolute atomic E-state index is 0.224. The molecule has 0 aromatic carbocycles. The number of hydrogen-bond acceptors (Lipinski definition) is 4. The molecule has 1 aliphatic rings. The molecule has 0 amide bonds. The summed E-state index contributed by atoms with van der Waals surface area (Å²) in [5, 5.41) is 8.79. The zero-order valence-electron chi connectivity index (χ0n) is 7.72. The molecule has 0 spiro atoms. The fraction of sp³-hybridized carbons (Fsp3) is 0.556. The number of aromatic nitrogens is 1. The fourth-order valence-corrected chi connectivity index (χ4v) is 1.72. The third-order valence-corrected chi connectivity index (χ3v) is 2.48. The molecular formula is C9H12N2O3. The highest BCUT2D eigenvalue weighted by molar-refractivity contribution is 5.70. The molecule has 0 saturated carbocycles. The Kier molecular flexibility index (Phi) is 2.49. The molecule has 0 bridgehead atoms. The maximum Gasteiger partial charge on any atom is 0.307 e. The third kappa shape index (κ3) is 1.93. The van der Waals surface area contributed by atoms with Crippen molar-refractivity contribution in [1.82, 2.24) is 9.88 Å². The standard InChI is InChI=1S/C9H12N2O3/c12-9(13)7-1-2-11(4-7)5-8-3-10-6-14-8/h3,6-7H,1-2,4-5H2,(H,12,13). The average Bonchev–Trinajstić information content (AvgIpc) is 2.75. The first-order valence-corrected chi connectivity index (χ1v) is 4.58. The van der Waals surface area contributed by atoms with E-state index in [0.717, 1.165) is 18.7 Å². The molecule has 1 fully saturated rings. The number of rotatable bonds is 3. The highest BCUT2D eigenvalue weighted by Crippen LogP contribution is 2.18. The van der Waals surface area contributed by atoms with E-state index >= 15 is 0 Å². The van der Waals surface area contributed by atoms with Gasteiger partial charge < -0.3 is 9.52 Å². The number of nitrogens with zero attached hydrogens (tertiary/aromatic N) is 2. The minimum atomic E-state index is -0.704. The lowest BCUT2D eigenvalue weighted by Crippen LogP contribution is -2.22. The Bertz CT molecular complexity index is 310. The molecule has 2 heterocycles. The first-order chi connectivity index (χ1) is 6.75. The monoisotopic (exact) mass is 196 g/mol. The molecule has 5 heteroatoms. The van der Waals surface area contributed by atoms with Crippen molar-refractivity contribution in [1.29, 1.82) is 0 Å². The van der Waals surface area contributed by atoms with Gasteiger partial charge in [-0.3, -0.25) is 9.69 Å². The molecular weight excluding hydrogens is 184 g/mol. The number of oxazole rings is 1. The van der Waals surface area contributed by atoms with Crippen molar-refractivity contribution in [2.45, 2.75) is 13.0 Å². The fourth-order valence-electron chi connectivity index (χ4n) is 1.72. The minimum Gasteiger partial charge on any atom is -0.481 e. The van der Waals surface area contributed by atoms with Crippen LogP contribution in [0.3, 0.4) is 0 Å². The summed E-state index contributed by atoms with van der Waals surface area (Å²) in [5.41, 5.74) is 0. The van der Waals surface area contributed by atoms with Crippen LogP contribution >= 0.6 is 0 Å². The van der Waals surface area contributed by atoms with Crippen LogP contribution in [-0.2, 0) is 11.3 Å². The molecule has 1 aliphatic heterocycles. The van der Waals surface area contributed by atoms with Crippen molar-refractivity contribution >= 4 is 5.97 Å². The Balaban J connectivity index is 1.87. The maximum absolute atomic E-state index is 10.7. The van der Waals surface area contributed by atoms with Gasteiger partial charge in [-0.05, 0) is 13.0 Å². The van der Waals surface area contributed by atoms with Crippen LogP contribution in [0.25, 0.3) is 0 Å². The van der Waals surface area contributed by atoms with E-state index in [1.165, 1.54) is 6.39 Å². The molecule has 1 saturated heterocycles. The molecule has 1 aromatic heterocycles. The van der Waals surface area contributed by atoms with Crippen molar-refractivity contribution < 1.29 is 14.3 Å². The SMILES string of the molecule is O=C(O)C1CCN(Cc2cnco2)C1. The summed E-state index contributed by atoms with van der Waals surface area (Å²) in [6.45, 7) is 2.08. The van der Waals surface area contributed by atoms with Gasteiger partial charge in [-0.1, -0.05) is 0 Å². The van der Waals surface area contributed by atoms with Gasteiger partial charge in [-0.25, -0.2) is 4.98 Å². The highest BCUT2D eigenvalue weighted by Gasteiger charge is 2.28. The third-order valence-electron chi connectivity index (χ3n) is 2.48. The van der Waals surface area contributed by atoms with Gasteiger partial charge in [0.1, 0.15) is 5.76 Å². The number of aliphatic carboxylic acids is 1. The van der Waals surface area contributed by atoms with E-state index in [1.54, 1.807) is 6.20 Å². The summed E-state index contributed by atoms with van der Waals surface area (Å²) >= 11 is 0. The molecule has 0 aliphatic carbocycles. The molecule has 1 unspecified atom stereocenters. The van der Waals surface area contributed by atoms with E-state index in [2.05, 4.69) is 9.88 Å². The quantitative estimate of drug-likeness (QED) is 0.766. The first kappa shape index (κ1) is 9.21. The Morgan fingerprint density at radius 2 is 2.64 bits per heavy atom. The second kappa shape index (κ2) is 3.79. The molecule has 1 N–H and O–H groups in total. The maximum atomic E-state index is 10.7. The van der Waals surface area contributed by atoms with Gasteiger partial charge in [0.05, 0.1) is 18.7 Å². The Labute approximate surface area is 81.3 Å². The van der Waals surface area contributed by atoms with Crippen LogP contribution in [0.4, 0.5) is 0 Å². The lowest BCUT2D eigenvalue weighted by atomic mass is 10.1. The van der Waals surface area contributed by atoms with Crippen LogP contribution < -0.4 is 0 Å². The van der Waals surface area contributed by atoms with Crippen LogP contribution in [0.1, 0.15) is 12.2 Å². The van der Waals surface area contributed by atoms with Gasteiger partial charge in [0.15, 0.2) is 6.39 Å². The Morgan fingerprint density at radius 1 is 1.79 bits per heavy atom. The average molecular weight is 196 g/mol. The lowest BCUT2D eigenvalue weighted by molar-refractivity contribution is -0.141. The van der Waals surface area contributed by atoms with E-state index < -0.39 is 5.97 Å². The van der Waals surface area contributed by atoms with E-state index in [-0.39, 0.29) is 5.92 Å². The van der Waals surface area contributed by atoms with Gasteiger partial charge in [-0.2, -0.15) is 0 Å². The normalized spacial score (nSPS) is 22.7. The Morgan fingerprint density at radius 3 is 3.21 bits per heavy atom. The van der Waals surface area contributed by atoms with Crippen molar-refractivity contribution in [3.8, 4) is 0 Å². The van der Waals surface area contributed by atoms with E-state index in [9.17, 15) is 4.79 Å². The summed E-state index contributed by atoms with van der Waals surface area (Å²) < 4.78 is 5.09. The number of hydrogen-bond donors (Lipinski definition) is 1. The molecule has 2 rings (SSSR count). The van der Waals surface area contributed by atoms with Gasteiger partial charge in [0.2, 0.25) is 0 Å². The molecule has 1 aromatic rings. The van der Waals surface area contributed by atoms with Gasteiger partial charge in [0.25, 0.3) is 0 Å². The van der Waals surface area contributed by atoms with Crippen LogP contribution in [0.5, 0.6) is 0 Å². The van der Waals surface area contributed by atoms with E-state index in [1.807, 2.05) is 0 Å². The predicted octanol–water partition coefficient (Wildman–Crippen LogP) is 0.581. The molecule has 1 atom stereocenters.